The molecular formula is C12H15N3O4S. The van der Waals surface area contributed by atoms with E-state index in [1.54, 1.807) is 11.8 Å². The molecule has 7 nitrogen and oxygen atoms in total. The van der Waals surface area contributed by atoms with Crippen molar-refractivity contribution in [3.8, 4) is 0 Å². The molecule has 2 unspecified atom stereocenters. The number of nitro groups is 1. The van der Waals surface area contributed by atoms with Crippen molar-refractivity contribution in [3.63, 3.8) is 0 Å². The molecule has 0 amide bonds. The van der Waals surface area contributed by atoms with Crippen LogP contribution in [0.25, 0.3) is 0 Å². The number of carboxylic acids is 1. The highest BCUT2D eigenvalue weighted by molar-refractivity contribution is 7.99. The molecule has 0 radical (unpaired) electrons. The number of pyridine rings is 1. The summed E-state index contributed by atoms with van der Waals surface area (Å²) in [6.45, 7) is 0. The van der Waals surface area contributed by atoms with E-state index in [1.807, 2.05) is 6.26 Å². The third-order valence-electron chi connectivity index (χ3n) is 3.37. The second-order valence-electron chi connectivity index (χ2n) is 4.58. The SMILES string of the molecule is CSC1CCCC1Nc1nc(C(=O)O)ccc1[N+](=O)[O-]. The fraction of sp³-hybridized carbons (Fsp3) is 0.500. The zero-order chi connectivity index (χ0) is 14.7. The van der Waals surface area contributed by atoms with E-state index in [4.69, 9.17) is 5.11 Å². The van der Waals surface area contributed by atoms with Gasteiger partial charge < -0.3 is 10.4 Å². The average Bonchev–Trinajstić information content (AvgIpc) is 2.85. The number of hydrogen-bond donors (Lipinski definition) is 2. The Kier molecular flexibility index (Phi) is 4.43. The van der Waals surface area contributed by atoms with Crippen LogP contribution < -0.4 is 5.32 Å². The van der Waals surface area contributed by atoms with Gasteiger partial charge in [0.1, 0.15) is 0 Å². The molecule has 1 aromatic heterocycles. The fourth-order valence-electron chi connectivity index (χ4n) is 2.37. The largest absolute Gasteiger partial charge is 0.477 e. The molecule has 1 saturated carbocycles. The van der Waals surface area contributed by atoms with Crippen molar-refractivity contribution in [2.75, 3.05) is 11.6 Å². The average molecular weight is 297 g/mol. The summed E-state index contributed by atoms with van der Waals surface area (Å²) in [6, 6.07) is 2.41. The smallest absolute Gasteiger partial charge is 0.354 e. The maximum atomic E-state index is 11.0. The highest BCUT2D eigenvalue weighted by Gasteiger charge is 2.29. The lowest BCUT2D eigenvalue weighted by Crippen LogP contribution is -2.27. The minimum Gasteiger partial charge on any atom is -0.477 e. The zero-order valence-electron chi connectivity index (χ0n) is 10.9. The quantitative estimate of drug-likeness (QED) is 0.635. The van der Waals surface area contributed by atoms with Crippen LogP contribution >= 0.6 is 11.8 Å². The van der Waals surface area contributed by atoms with Crippen molar-refractivity contribution in [1.29, 1.82) is 0 Å². The van der Waals surface area contributed by atoms with Gasteiger partial charge in [0, 0.05) is 17.4 Å². The molecule has 1 fully saturated rings. The third-order valence-corrected chi connectivity index (χ3v) is 4.54. The molecule has 0 spiro atoms. The number of thioether (sulfide) groups is 1. The minimum atomic E-state index is -1.20. The Hall–Kier alpha value is -1.83. The number of anilines is 1. The normalized spacial score (nSPS) is 21.6. The first-order valence-electron chi connectivity index (χ1n) is 6.21. The number of rotatable bonds is 5. The Bertz CT molecular complexity index is 537. The Morgan fingerprint density at radius 2 is 2.30 bits per heavy atom. The third kappa shape index (κ3) is 3.01. The lowest BCUT2D eigenvalue weighted by Gasteiger charge is -2.19. The van der Waals surface area contributed by atoms with Gasteiger partial charge in [0.2, 0.25) is 5.82 Å². The van der Waals surface area contributed by atoms with Crippen LogP contribution in [0.5, 0.6) is 0 Å². The van der Waals surface area contributed by atoms with Crippen LogP contribution in [0.15, 0.2) is 12.1 Å². The Labute approximate surface area is 119 Å². The van der Waals surface area contributed by atoms with Gasteiger partial charge in [-0.2, -0.15) is 11.8 Å². The van der Waals surface area contributed by atoms with E-state index in [2.05, 4.69) is 10.3 Å². The number of carbonyl (C=O) groups is 1. The van der Waals surface area contributed by atoms with Gasteiger partial charge in [0.15, 0.2) is 5.69 Å². The molecule has 2 atom stereocenters. The van der Waals surface area contributed by atoms with Crippen LogP contribution in [0.2, 0.25) is 0 Å². The van der Waals surface area contributed by atoms with E-state index >= 15 is 0 Å². The predicted molar refractivity (Wildman–Crippen MR) is 76.4 cm³/mol. The van der Waals surface area contributed by atoms with Crippen molar-refractivity contribution < 1.29 is 14.8 Å². The number of nitrogens with one attached hydrogen (secondary N) is 1. The molecule has 0 saturated heterocycles. The maximum Gasteiger partial charge on any atom is 0.354 e. The fourth-order valence-corrected chi connectivity index (χ4v) is 3.31. The van der Waals surface area contributed by atoms with E-state index in [0.29, 0.717) is 5.25 Å². The van der Waals surface area contributed by atoms with Crippen molar-refractivity contribution >= 4 is 29.2 Å². The number of carboxylic acid groups (broad SMARTS) is 1. The second kappa shape index (κ2) is 6.08. The molecule has 0 aliphatic heterocycles. The van der Waals surface area contributed by atoms with Crippen LogP contribution in [0.4, 0.5) is 11.5 Å². The van der Waals surface area contributed by atoms with Crippen molar-refractivity contribution in [1.82, 2.24) is 4.98 Å². The Morgan fingerprint density at radius 3 is 2.90 bits per heavy atom. The first-order chi connectivity index (χ1) is 9.52. The highest BCUT2D eigenvalue weighted by atomic mass is 32.2. The molecule has 2 N–H and O–H groups in total. The monoisotopic (exact) mass is 297 g/mol. The maximum absolute atomic E-state index is 11.0. The first kappa shape index (κ1) is 14.6. The molecule has 1 aliphatic carbocycles. The summed E-state index contributed by atoms with van der Waals surface area (Å²) in [5.41, 5.74) is -0.390. The van der Waals surface area contributed by atoms with Gasteiger partial charge in [-0.05, 0) is 25.2 Å². The lowest BCUT2D eigenvalue weighted by molar-refractivity contribution is -0.384. The standard InChI is InChI=1S/C12H15N3O4S/c1-20-10-4-2-3-7(10)13-11-9(15(18)19)6-5-8(14-11)12(16)17/h5-7,10H,2-4H2,1H3,(H,13,14)(H,16,17). The van der Waals surface area contributed by atoms with Crippen LogP contribution in [0.1, 0.15) is 29.8 Å². The van der Waals surface area contributed by atoms with E-state index in [-0.39, 0.29) is 23.2 Å². The van der Waals surface area contributed by atoms with Crippen molar-refractivity contribution in [3.05, 3.63) is 27.9 Å². The Morgan fingerprint density at radius 1 is 1.55 bits per heavy atom. The molecule has 1 heterocycles. The number of hydrogen-bond acceptors (Lipinski definition) is 6. The van der Waals surface area contributed by atoms with E-state index in [9.17, 15) is 14.9 Å². The summed E-state index contributed by atoms with van der Waals surface area (Å²) in [4.78, 5) is 25.2. The summed E-state index contributed by atoms with van der Waals surface area (Å²) in [5, 5.41) is 23.3. The zero-order valence-corrected chi connectivity index (χ0v) is 11.7. The summed E-state index contributed by atoms with van der Waals surface area (Å²) >= 11 is 1.71. The molecule has 1 aromatic rings. The topological polar surface area (TPSA) is 105 Å². The summed E-state index contributed by atoms with van der Waals surface area (Å²) in [5.74, 6) is -1.16. The van der Waals surface area contributed by atoms with Crippen molar-refractivity contribution in [2.24, 2.45) is 0 Å². The van der Waals surface area contributed by atoms with Crippen LogP contribution in [0.3, 0.4) is 0 Å². The highest BCUT2D eigenvalue weighted by Crippen LogP contribution is 2.32. The van der Waals surface area contributed by atoms with Gasteiger partial charge in [-0.3, -0.25) is 10.1 Å². The number of aromatic carboxylic acids is 1. The molecule has 0 bridgehead atoms. The van der Waals surface area contributed by atoms with E-state index in [1.165, 1.54) is 6.07 Å². The Balaban J connectivity index is 2.30. The van der Waals surface area contributed by atoms with Gasteiger partial charge in [0.25, 0.3) is 0 Å². The van der Waals surface area contributed by atoms with Gasteiger partial charge in [-0.25, -0.2) is 9.78 Å². The van der Waals surface area contributed by atoms with Gasteiger partial charge >= 0.3 is 11.7 Å². The molecular weight excluding hydrogens is 282 g/mol. The minimum absolute atomic E-state index is 0.0425. The number of nitrogens with zero attached hydrogens (tertiary/aromatic N) is 2. The van der Waals surface area contributed by atoms with Gasteiger partial charge in [-0.15, -0.1) is 0 Å². The molecule has 1 aliphatic rings. The second-order valence-corrected chi connectivity index (χ2v) is 5.66. The van der Waals surface area contributed by atoms with Crippen LogP contribution in [0, 0.1) is 10.1 Å². The molecule has 108 valence electrons. The number of aromatic nitrogens is 1. The molecule has 20 heavy (non-hydrogen) atoms. The first-order valence-corrected chi connectivity index (χ1v) is 7.49. The van der Waals surface area contributed by atoms with Gasteiger partial charge in [-0.1, -0.05) is 6.42 Å². The molecule has 8 heteroatoms. The molecule has 2 rings (SSSR count). The van der Waals surface area contributed by atoms with Crippen LogP contribution in [-0.2, 0) is 0 Å². The van der Waals surface area contributed by atoms with Crippen molar-refractivity contribution in [2.45, 2.75) is 30.6 Å². The summed E-state index contributed by atoms with van der Waals surface area (Å²) < 4.78 is 0. The molecule has 0 aromatic carbocycles. The van der Waals surface area contributed by atoms with Gasteiger partial charge in [0.05, 0.1) is 4.92 Å². The van der Waals surface area contributed by atoms with E-state index in [0.717, 1.165) is 25.3 Å². The summed E-state index contributed by atoms with van der Waals surface area (Å²) in [6.07, 6.45) is 5.00. The summed E-state index contributed by atoms with van der Waals surface area (Å²) in [7, 11) is 0. The lowest BCUT2D eigenvalue weighted by atomic mass is 10.2. The predicted octanol–water partition coefficient (Wildman–Crippen LogP) is 2.38. The van der Waals surface area contributed by atoms with Crippen LogP contribution in [-0.4, -0.2) is 38.5 Å². The van der Waals surface area contributed by atoms with E-state index < -0.39 is 10.9 Å².